The second-order valence-electron chi connectivity index (χ2n) is 6.13. The van der Waals surface area contributed by atoms with E-state index in [4.69, 9.17) is 11.6 Å². The Kier molecular flexibility index (Phi) is 2.73. The second kappa shape index (κ2) is 4.80. The van der Waals surface area contributed by atoms with Crippen LogP contribution in [0.15, 0.2) is 60.9 Å². The van der Waals surface area contributed by atoms with Crippen molar-refractivity contribution in [1.29, 1.82) is 0 Å². The fraction of sp³-hybridized carbons (Fsp3) is 0.158. The summed E-state index contributed by atoms with van der Waals surface area (Å²) in [5.41, 5.74) is 3.54. The minimum Gasteiger partial charge on any atom is -0.235 e. The number of halogens is 1. The van der Waals surface area contributed by atoms with E-state index in [1.165, 1.54) is 21.9 Å². The van der Waals surface area contributed by atoms with Gasteiger partial charge in [-0.15, -0.1) is 0 Å². The molecular weight excluding hydrogens is 306 g/mol. The van der Waals surface area contributed by atoms with Crippen LogP contribution < -0.4 is 0 Å². The molecule has 0 bridgehead atoms. The molecule has 0 N–H and O–H groups in total. The van der Waals surface area contributed by atoms with Crippen LogP contribution in [-0.2, 0) is 0 Å². The molecule has 4 heteroatoms. The number of rotatable bonds is 2. The number of imidazole rings is 1. The van der Waals surface area contributed by atoms with Crippen molar-refractivity contribution in [2.24, 2.45) is 0 Å². The number of benzene rings is 2. The largest absolute Gasteiger partial charge is 0.235 e. The van der Waals surface area contributed by atoms with Gasteiger partial charge >= 0.3 is 0 Å². The van der Waals surface area contributed by atoms with Gasteiger partial charge < -0.3 is 0 Å². The Morgan fingerprint density at radius 2 is 1.83 bits per heavy atom. The minimum absolute atomic E-state index is 0.464. The summed E-state index contributed by atoms with van der Waals surface area (Å²) in [6, 6.07) is 17.1. The first-order valence-electron chi connectivity index (χ1n) is 7.79. The van der Waals surface area contributed by atoms with Crippen LogP contribution in [0, 0.1) is 0 Å². The smallest absolute Gasteiger partial charge is 0.157 e. The van der Waals surface area contributed by atoms with Crippen molar-refractivity contribution in [2.75, 3.05) is 0 Å². The van der Waals surface area contributed by atoms with Crippen LogP contribution in [0.25, 0.3) is 16.4 Å². The van der Waals surface area contributed by atoms with Gasteiger partial charge in [0.25, 0.3) is 0 Å². The molecule has 1 aliphatic carbocycles. The standard InChI is InChI=1S/C19H14ClN3/c20-18-11-17(19-21-8-9-23(19)22-18)16-10-15(16)14-7-3-5-12-4-1-2-6-13(12)14/h1-9,11,15-16H,10H2/t15-,16+/m1/s1. The Hall–Kier alpha value is -2.39. The molecule has 23 heavy (non-hydrogen) atoms. The third-order valence-corrected chi connectivity index (χ3v) is 4.96. The first-order chi connectivity index (χ1) is 11.3. The van der Waals surface area contributed by atoms with Gasteiger partial charge in [0.1, 0.15) is 5.15 Å². The van der Waals surface area contributed by atoms with E-state index in [0.29, 0.717) is 17.0 Å². The highest BCUT2D eigenvalue weighted by molar-refractivity contribution is 6.29. The summed E-state index contributed by atoms with van der Waals surface area (Å²) in [4.78, 5) is 4.45. The SMILES string of the molecule is Clc1cc([C@H]2C[C@@H]2c2cccc3ccccc23)c2nccn2n1. The zero-order valence-corrected chi connectivity index (χ0v) is 13.1. The molecule has 1 fully saturated rings. The van der Waals surface area contributed by atoms with E-state index in [-0.39, 0.29) is 0 Å². The summed E-state index contributed by atoms with van der Waals surface area (Å²) in [6.07, 6.45) is 4.76. The lowest BCUT2D eigenvalue weighted by atomic mass is 9.99. The normalized spacial score (nSPS) is 20.2. The third-order valence-electron chi connectivity index (χ3n) is 4.77. The maximum Gasteiger partial charge on any atom is 0.157 e. The van der Waals surface area contributed by atoms with Crippen molar-refractivity contribution in [3.8, 4) is 0 Å². The zero-order valence-electron chi connectivity index (χ0n) is 12.4. The van der Waals surface area contributed by atoms with E-state index in [0.717, 1.165) is 12.1 Å². The van der Waals surface area contributed by atoms with E-state index >= 15 is 0 Å². The molecule has 0 aliphatic heterocycles. The van der Waals surface area contributed by atoms with Gasteiger partial charge in [0.15, 0.2) is 5.65 Å². The van der Waals surface area contributed by atoms with Crippen LogP contribution in [0.3, 0.4) is 0 Å². The van der Waals surface area contributed by atoms with E-state index in [9.17, 15) is 0 Å². The molecule has 2 heterocycles. The average Bonchev–Trinajstić information content (AvgIpc) is 3.23. The van der Waals surface area contributed by atoms with Crippen LogP contribution in [0.4, 0.5) is 0 Å². The predicted octanol–water partition coefficient (Wildman–Crippen LogP) is 4.81. The quantitative estimate of drug-likeness (QED) is 0.531. The Morgan fingerprint density at radius 1 is 1.00 bits per heavy atom. The highest BCUT2D eigenvalue weighted by atomic mass is 35.5. The minimum atomic E-state index is 0.464. The molecule has 1 aliphatic rings. The van der Waals surface area contributed by atoms with Crippen LogP contribution in [0.1, 0.15) is 29.4 Å². The number of hydrogen-bond acceptors (Lipinski definition) is 2. The van der Waals surface area contributed by atoms with Crippen molar-refractivity contribution >= 4 is 28.0 Å². The Bertz CT molecular complexity index is 1030. The highest BCUT2D eigenvalue weighted by Crippen LogP contribution is 2.56. The second-order valence-corrected chi connectivity index (χ2v) is 6.52. The summed E-state index contributed by atoms with van der Waals surface area (Å²) in [7, 11) is 0. The van der Waals surface area contributed by atoms with Crippen molar-refractivity contribution in [2.45, 2.75) is 18.3 Å². The molecule has 2 aromatic carbocycles. The van der Waals surface area contributed by atoms with Gasteiger partial charge in [-0.3, -0.25) is 0 Å². The molecule has 0 spiro atoms. The van der Waals surface area contributed by atoms with Crippen LogP contribution in [0.2, 0.25) is 5.15 Å². The Labute approximate surface area is 138 Å². The van der Waals surface area contributed by atoms with Gasteiger partial charge in [-0.1, -0.05) is 54.1 Å². The van der Waals surface area contributed by atoms with Gasteiger partial charge in [-0.2, -0.15) is 5.10 Å². The van der Waals surface area contributed by atoms with Crippen molar-refractivity contribution < 1.29 is 0 Å². The molecule has 4 aromatic rings. The molecule has 112 valence electrons. The van der Waals surface area contributed by atoms with Crippen molar-refractivity contribution in [3.05, 3.63) is 77.2 Å². The molecule has 0 amide bonds. The molecule has 2 atom stereocenters. The fourth-order valence-corrected chi connectivity index (χ4v) is 3.84. The molecular formula is C19H14ClN3. The Morgan fingerprint density at radius 3 is 2.78 bits per heavy atom. The van der Waals surface area contributed by atoms with E-state index in [1.807, 2.05) is 12.3 Å². The molecule has 0 saturated heterocycles. The van der Waals surface area contributed by atoms with Gasteiger partial charge in [0, 0.05) is 18.0 Å². The number of hydrogen-bond donors (Lipinski definition) is 0. The Balaban J connectivity index is 1.61. The number of fused-ring (bicyclic) bond motifs is 2. The van der Waals surface area contributed by atoms with Crippen LogP contribution >= 0.6 is 11.6 Å². The maximum absolute atomic E-state index is 6.18. The van der Waals surface area contributed by atoms with Gasteiger partial charge in [-0.25, -0.2) is 9.50 Å². The number of aromatic nitrogens is 3. The molecule has 0 radical (unpaired) electrons. The molecule has 3 nitrogen and oxygen atoms in total. The first kappa shape index (κ1) is 13.1. The highest BCUT2D eigenvalue weighted by Gasteiger charge is 2.41. The van der Waals surface area contributed by atoms with E-state index in [2.05, 4.69) is 52.5 Å². The summed E-state index contributed by atoms with van der Waals surface area (Å²) >= 11 is 6.18. The first-order valence-corrected chi connectivity index (χ1v) is 8.16. The van der Waals surface area contributed by atoms with Gasteiger partial charge in [-0.05, 0) is 40.7 Å². The molecule has 2 aromatic heterocycles. The maximum atomic E-state index is 6.18. The molecule has 0 unspecified atom stereocenters. The van der Waals surface area contributed by atoms with Crippen LogP contribution in [0.5, 0.6) is 0 Å². The summed E-state index contributed by atoms with van der Waals surface area (Å²) in [5.74, 6) is 0.992. The molecule has 5 rings (SSSR count). The lowest BCUT2D eigenvalue weighted by Crippen LogP contribution is -1.96. The lowest BCUT2D eigenvalue weighted by molar-refractivity contribution is 0.907. The van der Waals surface area contributed by atoms with E-state index in [1.54, 1.807) is 10.7 Å². The van der Waals surface area contributed by atoms with Gasteiger partial charge in [0.2, 0.25) is 0 Å². The third kappa shape index (κ3) is 2.04. The molecule has 1 saturated carbocycles. The lowest BCUT2D eigenvalue weighted by Gasteiger charge is -2.07. The average molecular weight is 320 g/mol. The van der Waals surface area contributed by atoms with Crippen molar-refractivity contribution in [3.63, 3.8) is 0 Å². The number of nitrogens with zero attached hydrogens (tertiary/aromatic N) is 3. The topological polar surface area (TPSA) is 30.2 Å². The fourth-order valence-electron chi connectivity index (χ4n) is 3.64. The monoisotopic (exact) mass is 319 g/mol. The summed E-state index contributed by atoms with van der Waals surface area (Å²) < 4.78 is 1.77. The van der Waals surface area contributed by atoms with Gasteiger partial charge in [0.05, 0.1) is 0 Å². The zero-order chi connectivity index (χ0) is 15.4. The van der Waals surface area contributed by atoms with Crippen LogP contribution in [-0.4, -0.2) is 14.6 Å². The van der Waals surface area contributed by atoms with E-state index < -0.39 is 0 Å². The predicted molar refractivity (Wildman–Crippen MR) is 92.0 cm³/mol. The summed E-state index contributed by atoms with van der Waals surface area (Å²) in [6.45, 7) is 0. The summed E-state index contributed by atoms with van der Waals surface area (Å²) in [5, 5.41) is 7.45. The van der Waals surface area contributed by atoms with Crippen molar-refractivity contribution in [1.82, 2.24) is 14.6 Å².